The van der Waals surface area contributed by atoms with E-state index in [0.717, 1.165) is 32.1 Å². The Bertz CT molecular complexity index is 906. The SMILES string of the molecule is O=C(CNC(=O)C1CCCCC1)Nc1ccc(S(=O)(=O)Nc2nccs2)cc1. The van der Waals surface area contributed by atoms with E-state index in [-0.39, 0.29) is 34.3 Å². The normalized spacial score (nSPS) is 15.0. The molecule has 28 heavy (non-hydrogen) atoms. The molecular formula is C18H22N4O4S2. The first-order chi connectivity index (χ1) is 13.4. The maximum atomic E-state index is 12.3. The van der Waals surface area contributed by atoms with Crippen LogP contribution in [0.4, 0.5) is 10.8 Å². The summed E-state index contributed by atoms with van der Waals surface area (Å²) in [5, 5.41) is 7.27. The highest BCUT2D eigenvalue weighted by molar-refractivity contribution is 7.93. The summed E-state index contributed by atoms with van der Waals surface area (Å²) in [5.41, 5.74) is 0.449. The molecule has 3 N–H and O–H groups in total. The van der Waals surface area contributed by atoms with E-state index in [4.69, 9.17) is 0 Å². The molecule has 1 aromatic carbocycles. The topological polar surface area (TPSA) is 117 Å². The molecule has 150 valence electrons. The van der Waals surface area contributed by atoms with Crippen LogP contribution in [-0.2, 0) is 19.6 Å². The zero-order valence-electron chi connectivity index (χ0n) is 15.2. The Kier molecular flexibility index (Phi) is 6.63. The molecule has 1 aromatic heterocycles. The van der Waals surface area contributed by atoms with E-state index < -0.39 is 10.0 Å². The molecule has 0 unspecified atom stereocenters. The molecule has 1 heterocycles. The lowest BCUT2D eigenvalue weighted by Crippen LogP contribution is -2.37. The van der Waals surface area contributed by atoms with E-state index in [9.17, 15) is 18.0 Å². The monoisotopic (exact) mass is 422 g/mol. The minimum atomic E-state index is -3.73. The quantitative estimate of drug-likeness (QED) is 0.634. The van der Waals surface area contributed by atoms with Crippen LogP contribution in [-0.4, -0.2) is 31.8 Å². The summed E-state index contributed by atoms with van der Waals surface area (Å²) in [6.07, 6.45) is 6.52. The first-order valence-corrected chi connectivity index (χ1v) is 11.4. The van der Waals surface area contributed by atoms with Crippen LogP contribution >= 0.6 is 11.3 Å². The zero-order valence-corrected chi connectivity index (χ0v) is 16.8. The van der Waals surface area contributed by atoms with Gasteiger partial charge in [0, 0.05) is 23.2 Å². The average molecular weight is 423 g/mol. The number of rotatable bonds is 7. The maximum absolute atomic E-state index is 12.3. The Balaban J connectivity index is 1.50. The number of hydrogen-bond donors (Lipinski definition) is 3. The Morgan fingerprint density at radius 3 is 2.46 bits per heavy atom. The van der Waals surface area contributed by atoms with Crippen LogP contribution < -0.4 is 15.4 Å². The Hall–Kier alpha value is -2.46. The Labute approximate surface area is 167 Å². The molecule has 3 rings (SSSR count). The molecule has 1 fully saturated rings. The molecule has 2 amide bonds. The summed E-state index contributed by atoms with van der Waals surface area (Å²) >= 11 is 1.18. The zero-order chi connectivity index (χ0) is 20.0. The number of hydrogen-bond acceptors (Lipinski definition) is 6. The van der Waals surface area contributed by atoms with Crippen LogP contribution in [0.25, 0.3) is 0 Å². The van der Waals surface area contributed by atoms with Gasteiger partial charge in [0.2, 0.25) is 11.8 Å². The van der Waals surface area contributed by atoms with Crippen molar-refractivity contribution in [3.8, 4) is 0 Å². The third kappa shape index (κ3) is 5.52. The molecular weight excluding hydrogens is 400 g/mol. The van der Waals surface area contributed by atoms with Crippen molar-refractivity contribution in [1.82, 2.24) is 10.3 Å². The van der Waals surface area contributed by atoms with Crippen molar-refractivity contribution in [3.05, 3.63) is 35.8 Å². The molecule has 0 atom stereocenters. The summed E-state index contributed by atoms with van der Waals surface area (Å²) in [6.45, 7) is -0.110. The van der Waals surface area contributed by atoms with Gasteiger partial charge >= 0.3 is 0 Å². The standard InChI is InChI=1S/C18H22N4O4S2/c23-16(12-20-17(24)13-4-2-1-3-5-13)21-14-6-8-15(9-7-14)28(25,26)22-18-19-10-11-27-18/h6-11,13H,1-5,12H2,(H,19,22)(H,20,24)(H,21,23). The number of anilines is 2. The highest BCUT2D eigenvalue weighted by atomic mass is 32.2. The average Bonchev–Trinajstić information content (AvgIpc) is 3.19. The first kappa shape index (κ1) is 20.3. The van der Waals surface area contributed by atoms with E-state index in [1.54, 1.807) is 5.38 Å². The van der Waals surface area contributed by atoms with Crippen LogP contribution in [0.15, 0.2) is 40.7 Å². The van der Waals surface area contributed by atoms with Crippen LogP contribution in [0.5, 0.6) is 0 Å². The lowest BCUT2D eigenvalue weighted by atomic mass is 9.89. The van der Waals surface area contributed by atoms with Crippen LogP contribution in [0, 0.1) is 5.92 Å². The third-order valence-corrected chi connectivity index (χ3v) is 6.67. The first-order valence-electron chi connectivity index (χ1n) is 9.04. The van der Waals surface area contributed by atoms with Gasteiger partial charge in [-0.3, -0.25) is 14.3 Å². The molecule has 1 aliphatic rings. The van der Waals surface area contributed by atoms with Crippen molar-refractivity contribution >= 4 is 44.0 Å². The predicted molar refractivity (Wildman–Crippen MR) is 108 cm³/mol. The number of sulfonamides is 1. The van der Waals surface area contributed by atoms with E-state index in [1.807, 2.05) is 0 Å². The summed E-state index contributed by atoms with van der Waals surface area (Å²) in [4.78, 5) is 28.1. The van der Waals surface area contributed by atoms with Gasteiger partial charge in [-0.05, 0) is 37.1 Å². The third-order valence-electron chi connectivity index (χ3n) is 4.50. The number of nitrogens with one attached hydrogen (secondary N) is 3. The number of benzene rings is 1. The largest absolute Gasteiger partial charge is 0.347 e. The number of nitrogens with zero attached hydrogens (tertiary/aromatic N) is 1. The van der Waals surface area contributed by atoms with Crippen LogP contribution in [0.2, 0.25) is 0 Å². The smallest absolute Gasteiger partial charge is 0.263 e. The molecule has 8 nitrogen and oxygen atoms in total. The van der Waals surface area contributed by atoms with Gasteiger partial charge in [-0.15, -0.1) is 11.3 Å². The molecule has 0 bridgehead atoms. The number of thiazole rings is 1. The maximum Gasteiger partial charge on any atom is 0.263 e. The highest BCUT2D eigenvalue weighted by Gasteiger charge is 2.21. The van der Waals surface area contributed by atoms with Gasteiger partial charge in [0.1, 0.15) is 0 Å². The van der Waals surface area contributed by atoms with E-state index in [0.29, 0.717) is 5.69 Å². The second kappa shape index (κ2) is 9.16. The Morgan fingerprint density at radius 1 is 1.11 bits per heavy atom. The second-order valence-electron chi connectivity index (χ2n) is 6.57. The lowest BCUT2D eigenvalue weighted by Gasteiger charge is -2.20. The van der Waals surface area contributed by atoms with Gasteiger partial charge in [0.15, 0.2) is 5.13 Å². The molecule has 0 spiro atoms. The molecule has 0 radical (unpaired) electrons. The van der Waals surface area contributed by atoms with Crippen molar-refractivity contribution in [3.63, 3.8) is 0 Å². The summed E-state index contributed by atoms with van der Waals surface area (Å²) < 4.78 is 26.9. The fourth-order valence-electron chi connectivity index (χ4n) is 3.05. The minimum absolute atomic E-state index is 0.00336. The fourth-order valence-corrected chi connectivity index (χ4v) is 4.84. The van der Waals surface area contributed by atoms with Gasteiger partial charge in [-0.25, -0.2) is 13.4 Å². The van der Waals surface area contributed by atoms with Crippen molar-refractivity contribution in [2.75, 3.05) is 16.6 Å². The molecule has 0 aliphatic heterocycles. The van der Waals surface area contributed by atoms with Gasteiger partial charge in [-0.1, -0.05) is 19.3 Å². The summed E-state index contributed by atoms with van der Waals surface area (Å²) in [7, 11) is -3.73. The van der Waals surface area contributed by atoms with Gasteiger partial charge in [0.05, 0.1) is 11.4 Å². The van der Waals surface area contributed by atoms with Crippen molar-refractivity contribution in [2.24, 2.45) is 5.92 Å². The molecule has 0 saturated heterocycles. The van der Waals surface area contributed by atoms with E-state index >= 15 is 0 Å². The summed E-state index contributed by atoms with van der Waals surface area (Å²) in [5.74, 6) is -0.443. The van der Waals surface area contributed by atoms with Gasteiger partial charge < -0.3 is 10.6 Å². The number of aromatic nitrogens is 1. The number of carbonyl (C=O) groups excluding carboxylic acids is 2. The lowest BCUT2D eigenvalue weighted by molar-refractivity contribution is -0.128. The predicted octanol–water partition coefficient (Wildman–Crippen LogP) is 2.58. The molecule has 1 saturated carbocycles. The fraction of sp³-hybridized carbons (Fsp3) is 0.389. The van der Waals surface area contributed by atoms with Gasteiger partial charge in [-0.2, -0.15) is 0 Å². The van der Waals surface area contributed by atoms with Gasteiger partial charge in [0.25, 0.3) is 10.0 Å². The van der Waals surface area contributed by atoms with Crippen molar-refractivity contribution < 1.29 is 18.0 Å². The number of amides is 2. The van der Waals surface area contributed by atoms with E-state index in [2.05, 4.69) is 20.3 Å². The number of carbonyl (C=O) groups is 2. The highest BCUT2D eigenvalue weighted by Crippen LogP contribution is 2.23. The van der Waals surface area contributed by atoms with Crippen LogP contribution in [0.3, 0.4) is 0 Å². The molecule has 2 aromatic rings. The second-order valence-corrected chi connectivity index (χ2v) is 9.15. The Morgan fingerprint density at radius 2 is 1.82 bits per heavy atom. The molecule has 10 heteroatoms. The van der Waals surface area contributed by atoms with Crippen molar-refractivity contribution in [1.29, 1.82) is 0 Å². The van der Waals surface area contributed by atoms with Crippen molar-refractivity contribution in [2.45, 2.75) is 37.0 Å². The molecule has 1 aliphatic carbocycles. The van der Waals surface area contributed by atoms with Crippen LogP contribution in [0.1, 0.15) is 32.1 Å². The summed E-state index contributed by atoms with van der Waals surface area (Å²) in [6, 6.07) is 5.78. The minimum Gasteiger partial charge on any atom is -0.347 e. The van der Waals surface area contributed by atoms with E-state index in [1.165, 1.54) is 41.8 Å².